The fraction of sp³-hybridized carbons (Fsp3) is 0.538. The zero-order chi connectivity index (χ0) is 15.3. The average Bonchev–Trinajstić information content (AvgIpc) is 2.43. The second-order valence-corrected chi connectivity index (χ2v) is 7.33. The van der Waals surface area contributed by atoms with Gasteiger partial charge in [0.1, 0.15) is 5.82 Å². The van der Waals surface area contributed by atoms with Crippen LogP contribution in [-0.2, 0) is 16.6 Å². The van der Waals surface area contributed by atoms with Gasteiger partial charge in [0, 0.05) is 18.8 Å². The highest BCUT2D eigenvalue weighted by Gasteiger charge is 2.29. The van der Waals surface area contributed by atoms with Gasteiger partial charge >= 0.3 is 0 Å². The van der Waals surface area contributed by atoms with E-state index in [0.29, 0.717) is 12.2 Å². The minimum atomic E-state index is -3.82. The van der Waals surface area contributed by atoms with E-state index in [0.717, 1.165) is 12.1 Å². The summed E-state index contributed by atoms with van der Waals surface area (Å²) in [6.07, 6.45) is 2.57. The largest absolute Gasteiger partial charge is 0.392 e. The number of hydrogen-bond acceptors (Lipinski definition) is 4. The van der Waals surface area contributed by atoms with E-state index in [1.165, 1.54) is 17.4 Å². The zero-order valence-corrected chi connectivity index (χ0v) is 13.5. The van der Waals surface area contributed by atoms with Crippen molar-refractivity contribution in [1.82, 2.24) is 4.31 Å². The van der Waals surface area contributed by atoms with Gasteiger partial charge in [0.2, 0.25) is 10.0 Å². The number of nitrogens with zero attached hydrogens (tertiary/aromatic N) is 1. The van der Waals surface area contributed by atoms with E-state index in [-0.39, 0.29) is 16.5 Å². The van der Waals surface area contributed by atoms with Crippen molar-refractivity contribution in [3.63, 3.8) is 0 Å². The summed E-state index contributed by atoms with van der Waals surface area (Å²) in [6, 6.07) is 3.24. The first-order valence-electron chi connectivity index (χ1n) is 6.24. The first-order valence-corrected chi connectivity index (χ1v) is 9.08. The number of thioether (sulfide) groups is 1. The number of sulfonamides is 1. The molecule has 0 aromatic heterocycles. The number of halogens is 1. The van der Waals surface area contributed by atoms with Crippen molar-refractivity contribution in [2.24, 2.45) is 0 Å². The molecule has 1 aromatic rings. The van der Waals surface area contributed by atoms with Crippen molar-refractivity contribution >= 4 is 21.8 Å². The van der Waals surface area contributed by atoms with Gasteiger partial charge in [0.15, 0.2) is 0 Å². The lowest BCUT2D eigenvalue weighted by Gasteiger charge is -2.26. The highest BCUT2D eigenvalue weighted by atomic mass is 32.2. The van der Waals surface area contributed by atoms with Gasteiger partial charge in [-0.3, -0.25) is 0 Å². The van der Waals surface area contributed by atoms with Gasteiger partial charge in [0.25, 0.3) is 0 Å². The van der Waals surface area contributed by atoms with E-state index >= 15 is 0 Å². The van der Waals surface area contributed by atoms with Gasteiger partial charge in [-0.2, -0.15) is 16.1 Å². The zero-order valence-electron chi connectivity index (χ0n) is 11.8. The molecule has 0 fully saturated rings. The van der Waals surface area contributed by atoms with Gasteiger partial charge in [-0.1, -0.05) is 13.0 Å². The normalized spacial score (nSPS) is 13.7. The quantitative estimate of drug-likeness (QED) is 0.835. The molecule has 0 saturated carbocycles. The lowest BCUT2D eigenvalue weighted by Crippen LogP contribution is -2.38. The highest BCUT2D eigenvalue weighted by Crippen LogP contribution is 2.24. The molecule has 0 amide bonds. The number of aliphatic hydroxyl groups excluding tert-OH is 1. The van der Waals surface area contributed by atoms with Crippen molar-refractivity contribution in [3.8, 4) is 0 Å². The molecule has 1 aromatic carbocycles. The maximum absolute atomic E-state index is 13.3. The molecule has 0 radical (unpaired) electrons. The minimum Gasteiger partial charge on any atom is -0.392 e. The Hall–Kier alpha value is -0.630. The molecule has 1 unspecified atom stereocenters. The Morgan fingerprint density at radius 3 is 2.60 bits per heavy atom. The van der Waals surface area contributed by atoms with Crippen molar-refractivity contribution in [2.45, 2.75) is 30.9 Å². The fourth-order valence-corrected chi connectivity index (χ4v) is 4.51. The summed E-state index contributed by atoms with van der Waals surface area (Å²) < 4.78 is 39.8. The van der Waals surface area contributed by atoms with Crippen LogP contribution in [0.4, 0.5) is 4.39 Å². The summed E-state index contributed by atoms with van der Waals surface area (Å²) in [5, 5.41) is 9.24. The second kappa shape index (κ2) is 7.40. The van der Waals surface area contributed by atoms with Crippen molar-refractivity contribution < 1.29 is 17.9 Å². The molecule has 0 heterocycles. The predicted molar refractivity (Wildman–Crippen MR) is 79.7 cm³/mol. The summed E-state index contributed by atoms with van der Waals surface area (Å²) >= 11 is 1.56. The first-order chi connectivity index (χ1) is 9.38. The molecular formula is C13H20FNO3S2. The molecule has 0 aliphatic carbocycles. The third kappa shape index (κ3) is 3.72. The van der Waals surface area contributed by atoms with Crippen molar-refractivity contribution in [2.75, 3.05) is 19.1 Å². The van der Waals surface area contributed by atoms with Crippen LogP contribution in [0.15, 0.2) is 23.1 Å². The maximum atomic E-state index is 13.3. The molecule has 1 atom stereocenters. The Morgan fingerprint density at radius 2 is 2.10 bits per heavy atom. The van der Waals surface area contributed by atoms with Crippen LogP contribution in [0.3, 0.4) is 0 Å². The summed E-state index contributed by atoms with van der Waals surface area (Å²) in [6.45, 7) is 1.47. The second-order valence-electron chi connectivity index (χ2n) is 4.45. The van der Waals surface area contributed by atoms with Crippen LogP contribution in [0.1, 0.15) is 18.9 Å². The summed E-state index contributed by atoms with van der Waals surface area (Å²) in [7, 11) is -2.33. The number of rotatable bonds is 7. The molecule has 0 saturated heterocycles. The predicted octanol–water partition coefficient (Wildman–Crippen LogP) is 2.08. The van der Waals surface area contributed by atoms with Crippen molar-refractivity contribution in [3.05, 3.63) is 29.6 Å². The number of hydrogen-bond donors (Lipinski definition) is 1. The van der Waals surface area contributed by atoms with Gasteiger partial charge in [-0.05, 0) is 30.4 Å². The van der Waals surface area contributed by atoms with E-state index < -0.39 is 22.4 Å². The summed E-state index contributed by atoms with van der Waals surface area (Å²) in [5.74, 6) is 0.0304. The number of aliphatic hydroxyl groups is 1. The fourth-order valence-electron chi connectivity index (χ4n) is 1.92. The van der Waals surface area contributed by atoms with Crippen LogP contribution in [0.5, 0.6) is 0 Å². The van der Waals surface area contributed by atoms with Crippen LogP contribution >= 0.6 is 11.8 Å². The smallest absolute Gasteiger partial charge is 0.243 e. The third-order valence-electron chi connectivity index (χ3n) is 3.20. The molecule has 0 aliphatic heterocycles. The number of benzene rings is 1. The SMILES string of the molecule is CCC(CSC)N(C)S(=O)(=O)c1cc(F)ccc1CO. The Kier molecular flexibility index (Phi) is 6.44. The Morgan fingerprint density at radius 1 is 1.45 bits per heavy atom. The summed E-state index contributed by atoms with van der Waals surface area (Å²) in [4.78, 5) is -0.165. The van der Waals surface area contributed by atoms with Gasteiger partial charge in [-0.25, -0.2) is 12.8 Å². The average molecular weight is 321 g/mol. The lowest BCUT2D eigenvalue weighted by atomic mass is 10.2. The van der Waals surface area contributed by atoms with Crippen LogP contribution in [0.2, 0.25) is 0 Å². The van der Waals surface area contributed by atoms with Crippen LogP contribution < -0.4 is 0 Å². The van der Waals surface area contributed by atoms with E-state index in [9.17, 15) is 17.9 Å². The molecule has 20 heavy (non-hydrogen) atoms. The molecule has 114 valence electrons. The topological polar surface area (TPSA) is 57.6 Å². The molecule has 0 spiro atoms. The van der Waals surface area contributed by atoms with Gasteiger partial charge < -0.3 is 5.11 Å². The van der Waals surface area contributed by atoms with E-state index in [2.05, 4.69) is 0 Å². The Bertz CT molecular complexity index is 549. The standard InChI is InChI=1S/C13H20FNO3S2/c1-4-12(9-19-3)15(2)20(17,18)13-7-11(14)6-5-10(13)8-16/h5-7,12,16H,4,8-9H2,1-3H3. The molecule has 1 N–H and O–H groups in total. The molecule has 1 rings (SSSR count). The monoisotopic (exact) mass is 321 g/mol. The van der Waals surface area contributed by atoms with E-state index in [1.54, 1.807) is 11.8 Å². The Balaban J connectivity index is 3.25. The van der Waals surface area contributed by atoms with Crippen LogP contribution in [0.25, 0.3) is 0 Å². The maximum Gasteiger partial charge on any atom is 0.243 e. The molecule has 4 nitrogen and oxygen atoms in total. The minimum absolute atomic E-state index is 0.162. The summed E-state index contributed by atoms with van der Waals surface area (Å²) in [5.41, 5.74) is 0.206. The molecule has 7 heteroatoms. The van der Waals surface area contributed by atoms with Gasteiger partial charge in [0.05, 0.1) is 11.5 Å². The van der Waals surface area contributed by atoms with Gasteiger partial charge in [-0.15, -0.1) is 0 Å². The Labute approximate surface area is 124 Å². The molecular weight excluding hydrogens is 301 g/mol. The molecule has 0 bridgehead atoms. The van der Waals surface area contributed by atoms with E-state index in [4.69, 9.17) is 0 Å². The lowest BCUT2D eigenvalue weighted by molar-refractivity contribution is 0.277. The third-order valence-corrected chi connectivity index (χ3v) is 5.91. The van der Waals surface area contributed by atoms with Crippen molar-refractivity contribution in [1.29, 1.82) is 0 Å². The highest BCUT2D eigenvalue weighted by molar-refractivity contribution is 7.98. The van der Waals surface area contributed by atoms with Crippen LogP contribution in [0, 0.1) is 5.82 Å². The van der Waals surface area contributed by atoms with Crippen LogP contribution in [-0.4, -0.2) is 42.9 Å². The molecule has 0 aliphatic rings. The first kappa shape index (κ1) is 17.4. The van der Waals surface area contributed by atoms with E-state index in [1.807, 2.05) is 13.2 Å².